The number of aryl methyl sites for hydroxylation is 2. The SMILES string of the molecule is Cc1ccc2c(c1)c(Br)c(C(=O)O)n2C. The highest BCUT2D eigenvalue weighted by Crippen LogP contribution is 2.30. The first-order chi connectivity index (χ1) is 7.02. The molecule has 0 aliphatic rings. The van der Waals surface area contributed by atoms with Crippen LogP contribution in [0.4, 0.5) is 0 Å². The van der Waals surface area contributed by atoms with Crippen LogP contribution < -0.4 is 0 Å². The highest BCUT2D eigenvalue weighted by Gasteiger charge is 2.18. The maximum absolute atomic E-state index is 11.0. The molecule has 2 aromatic rings. The molecular formula is C11H10BrNO2. The average Bonchev–Trinajstić information content (AvgIpc) is 2.39. The molecule has 0 saturated heterocycles. The van der Waals surface area contributed by atoms with Gasteiger partial charge in [0.05, 0.1) is 4.47 Å². The van der Waals surface area contributed by atoms with Crippen molar-refractivity contribution >= 4 is 32.8 Å². The van der Waals surface area contributed by atoms with Gasteiger partial charge < -0.3 is 9.67 Å². The molecule has 0 aliphatic heterocycles. The molecule has 3 nitrogen and oxygen atoms in total. The van der Waals surface area contributed by atoms with Crippen LogP contribution in [-0.4, -0.2) is 15.6 Å². The number of aromatic carboxylic acids is 1. The van der Waals surface area contributed by atoms with E-state index in [1.165, 1.54) is 0 Å². The Hall–Kier alpha value is -1.29. The molecule has 1 heterocycles. The molecule has 1 N–H and O–H groups in total. The number of aromatic nitrogens is 1. The van der Waals surface area contributed by atoms with Crippen LogP contribution in [0.15, 0.2) is 22.7 Å². The second kappa shape index (κ2) is 3.38. The van der Waals surface area contributed by atoms with Crippen molar-refractivity contribution in [1.29, 1.82) is 0 Å². The van der Waals surface area contributed by atoms with E-state index in [1.54, 1.807) is 11.6 Å². The topological polar surface area (TPSA) is 42.2 Å². The van der Waals surface area contributed by atoms with E-state index in [2.05, 4.69) is 15.9 Å². The van der Waals surface area contributed by atoms with Crippen molar-refractivity contribution in [3.8, 4) is 0 Å². The predicted octanol–water partition coefficient (Wildman–Crippen LogP) is 2.95. The molecule has 0 aliphatic carbocycles. The zero-order valence-corrected chi connectivity index (χ0v) is 10.00. The first-order valence-corrected chi connectivity index (χ1v) is 5.29. The first-order valence-electron chi connectivity index (χ1n) is 4.50. The summed E-state index contributed by atoms with van der Waals surface area (Å²) in [6, 6.07) is 5.88. The van der Waals surface area contributed by atoms with Gasteiger partial charge in [0.25, 0.3) is 0 Å². The summed E-state index contributed by atoms with van der Waals surface area (Å²) in [5, 5.41) is 10.0. The van der Waals surface area contributed by atoms with E-state index in [0.717, 1.165) is 16.5 Å². The lowest BCUT2D eigenvalue weighted by Gasteiger charge is -1.98. The van der Waals surface area contributed by atoms with Crippen LogP contribution in [0.2, 0.25) is 0 Å². The largest absolute Gasteiger partial charge is 0.477 e. The molecule has 1 aromatic heterocycles. The number of hydrogen-bond donors (Lipinski definition) is 1. The molecule has 0 bridgehead atoms. The summed E-state index contributed by atoms with van der Waals surface area (Å²) in [6.45, 7) is 1.99. The number of hydrogen-bond acceptors (Lipinski definition) is 1. The maximum atomic E-state index is 11.0. The minimum absolute atomic E-state index is 0.288. The molecule has 0 atom stereocenters. The Kier molecular flexibility index (Phi) is 2.31. The highest BCUT2D eigenvalue weighted by molar-refractivity contribution is 9.10. The van der Waals surface area contributed by atoms with Crippen LogP contribution in [0.5, 0.6) is 0 Å². The Bertz CT molecular complexity index is 557. The van der Waals surface area contributed by atoms with Gasteiger partial charge >= 0.3 is 5.97 Å². The average molecular weight is 268 g/mol. The van der Waals surface area contributed by atoms with Crippen molar-refractivity contribution in [2.45, 2.75) is 6.92 Å². The summed E-state index contributed by atoms with van der Waals surface area (Å²) >= 11 is 3.34. The molecule has 0 radical (unpaired) electrons. The number of carbonyl (C=O) groups is 1. The monoisotopic (exact) mass is 267 g/mol. The van der Waals surface area contributed by atoms with Crippen molar-refractivity contribution in [1.82, 2.24) is 4.57 Å². The van der Waals surface area contributed by atoms with E-state index in [0.29, 0.717) is 4.47 Å². The maximum Gasteiger partial charge on any atom is 0.353 e. The van der Waals surface area contributed by atoms with Gasteiger partial charge in [-0.3, -0.25) is 0 Å². The van der Waals surface area contributed by atoms with Crippen LogP contribution in [0.25, 0.3) is 10.9 Å². The summed E-state index contributed by atoms with van der Waals surface area (Å²) in [6.07, 6.45) is 0. The third-order valence-electron chi connectivity index (χ3n) is 2.50. The quantitative estimate of drug-likeness (QED) is 0.863. The minimum atomic E-state index is -0.918. The third-order valence-corrected chi connectivity index (χ3v) is 3.30. The summed E-state index contributed by atoms with van der Waals surface area (Å²) in [5.74, 6) is -0.918. The zero-order chi connectivity index (χ0) is 11.2. The molecule has 0 unspecified atom stereocenters. The molecule has 1 aromatic carbocycles. The van der Waals surface area contributed by atoms with Crippen LogP contribution >= 0.6 is 15.9 Å². The molecule has 78 valence electrons. The molecular weight excluding hydrogens is 258 g/mol. The fourth-order valence-corrected chi connectivity index (χ4v) is 2.50. The van der Waals surface area contributed by atoms with Crippen molar-refractivity contribution in [2.75, 3.05) is 0 Å². The lowest BCUT2D eigenvalue weighted by Crippen LogP contribution is -2.04. The van der Waals surface area contributed by atoms with E-state index in [9.17, 15) is 4.79 Å². The molecule has 0 amide bonds. The number of fused-ring (bicyclic) bond motifs is 1. The van der Waals surface area contributed by atoms with Crippen LogP contribution in [0, 0.1) is 6.92 Å². The summed E-state index contributed by atoms with van der Waals surface area (Å²) in [7, 11) is 1.76. The van der Waals surface area contributed by atoms with Gasteiger partial charge in [0.2, 0.25) is 0 Å². The van der Waals surface area contributed by atoms with E-state index < -0.39 is 5.97 Å². The fourth-order valence-electron chi connectivity index (χ4n) is 1.75. The van der Waals surface area contributed by atoms with Crippen molar-refractivity contribution in [2.24, 2.45) is 7.05 Å². The number of carboxylic acids is 1. The molecule has 0 spiro atoms. The van der Waals surface area contributed by atoms with Gasteiger partial charge in [-0.05, 0) is 35.0 Å². The standard InChI is InChI=1S/C11H10BrNO2/c1-6-3-4-8-7(5-6)9(12)10(11(14)15)13(8)2/h3-5H,1-2H3,(H,14,15). The van der Waals surface area contributed by atoms with E-state index in [4.69, 9.17) is 5.11 Å². The van der Waals surface area contributed by atoms with Gasteiger partial charge in [-0.15, -0.1) is 0 Å². The minimum Gasteiger partial charge on any atom is -0.477 e. The van der Waals surface area contributed by atoms with Crippen molar-refractivity contribution < 1.29 is 9.90 Å². The summed E-state index contributed by atoms with van der Waals surface area (Å²) < 4.78 is 2.33. The lowest BCUT2D eigenvalue weighted by molar-refractivity contribution is 0.0686. The number of nitrogens with zero attached hydrogens (tertiary/aromatic N) is 1. The third kappa shape index (κ3) is 1.45. The Morgan fingerprint density at radius 3 is 2.73 bits per heavy atom. The smallest absolute Gasteiger partial charge is 0.353 e. The van der Waals surface area contributed by atoms with Crippen molar-refractivity contribution in [3.63, 3.8) is 0 Å². The van der Waals surface area contributed by atoms with Crippen LogP contribution in [-0.2, 0) is 7.05 Å². The van der Waals surface area contributed by atoms with Gasteiger partial charge in [-0.25, -0.2) is 4.79 Å². The van der Waals surface area contributed by atoms with Crippen LogP contribution in [0.3, 0.4) is 0 Å². The van der Waals surface area contributed by atoms with E-state index in [-0.39, 0.29) is 5.69 Å². The van der Waals surface area contributed by atoms with Gasteiger partial charge in [-0.1, -0.05) is 11.6 Å². The van der Waals surface area contributed by atoms with Crippen LogP contribution in [0.1, 0.15) is 16.1 Å². The number of benzene rings is 1. The normalized spacial score (nSPS) is 10.9. The number of carboxylic acid groups (broad SMARTS) is 1. The number of halogens is 1. The van der Waals surface area contributed by atoms with Gasteiger partial charge in [0.1, 0.15) is 5.69 Å². The highest BCUT2D eigenvalue weighted by atomic mass is 79.9. The Balaban J connectivity index is 2.91. The van der Waals surface area contributed by atoms with Gasteiger partial charge in [0, 0.05) is 18.0 Å². The predicted molar refractivity (Wildman–Crippen MR) is 62.3 cm³/mol. The number of rotatable bonds is 1. The zero-order valence-electron chi connectivity index (χ0n) is 8.41. The Morgan fingerprint density at radius 1 is 1.47 bits per heavy atom. The molecule has 0 fully saturated rings. The summed E-state index contributed by atoms with van der Waals surface area (Å²) in [4.78, 5) is 11.0. The molecule has 15 heavy (non-hydrogen) atoms. The fraction of sp³-hybridized carbons (Fsp3) is 0.182. The lowest BCUT2D eigenvalue weighted by atomic mass is 10.2. The second-order valence-electron chi connectivity index (χ2n) is 3.55. The van der Waals surface area contributed by atoms with Gasteiger partial charge in [0.15, 0.2) is 0 Å². The second-order valence-corrected chi connectivity index (χ2v) is 4.34. The first kappa shape index (κ1) is 10.2. The molecule has 4 heteroatoms. The van der Waals surface area contributed by atoms with E-state index >= 15 is 0 Å². The van der Waals surface area contributed by atoms with Crippen molar-refractivity contribution in [3.05, 3.63) is 33.9 Å². The Labute approximate surface area is 95.5 Å². The Morgan fingerprint density at radius 2 is 2.13 bits per heavy atom. The molecule has 0 saturated carbocycles. The van der Waals surface area contributed by atoms with Gasteiger partial charge in [-0.2, -0.15) is 0 Å². The molecule has 2 rings (SSSR count). The van der Waals surface area contributed by atoms with E-state index in [1.807, 2.05) is 25.1 Å². The summed E-state index contributed by atoms with van der Waals surface area (Å²) in [5.41, 5.74) is 2.33.